The quantitative estimate of drug-likeness (QED) is 0.385. The van der Waals surface area contributed by atoms with Crippen LogP contribution in [0.25, 0.3) is 10.8 Å². The minimum absolute atomic E-state index is 0.0246. The van der Waals surface area contributed by atoms with Gasteiger partial charge in [0.2, 0.25) is 10.0 Å². The summed E-state index contributed by atoms with van der Waals surface area (Å²) in [6.07, 6.45) is 0. The Balaban J connectivity index is 2.00. The first-order chi connectivity index (χ1) is 13.3. The molecule has 0 unspecified atom stereocenters. The van der Waals surface area contributed by atoms with E-state index in [0.29, 0.717) is 0 Å². The Hall–Kier alpha value is -2.26. The average Bonchev–Trinajstić information content (AvgIpc) is 2.71. The number of nitrogens with one attached hydrogen (secondary N) is 2. The molecule has 146 valence electrons. The summed E-state index contributed by atoms with van der Waals surface area (Å²) in [5.41, 5.74) is 2.37. The van der Waals surface area contributed by atoms with Gasteiger partial charge in [0.25, 0.3) is 5.91 Å². The molecule has 0 aliphatic heterocycles. The zero-order valence-corrected chi connectivity index (χ0v) is 17.4. The predicted octanol–water partition coefficient (Wildman–Crippen LogP) is 3.56. The third-order valence-corrected chi connectivity index (χ3v) is 6.60. The summed E-state index contributed by atoms with van der Waals surface area (Å²) < 4.78 is 28.7. The molecule has 0 aliphatic rings. The highest BCUT2D eigenvalue weighted by Gasteiger charge is 2.32. The molecule has 3 aromatic rings. The Labute approximate surface area is 171 Å². The van der Waals surface area contributed by atoms with Crippen LogP contribution in [-0.4, -0.2) is 25.6 Å². The second kappa shape index (κ2) is 8.40. The van der Waals surface area contributed by atoms with E-state index < -0.39 is 27.9 Å². The number of amides is 1. The molecule has 0 fully saturated rings. The second-order valence-corrected chi connectivity index (χ2v) is 9.02. The summed E-state index contributed by atoms with van der Waals surface area (Å²) in [5.74, 6) is -1.37. The van der Waals surface area contributed by atoms with E-state index in [1.54, 1.807) is 24.5 Å². The molecule has 0 aromatic heterocycles. The lowest BCUT2D eigenvalue weighted by molar-refractivity contribution is -0.131. The van der Waals surface area contributed by atoms with Gasteiger partial charge >= 0.3 is 0 Å². The Bertz CT molecular complexity index is 1100. The molecular formula is C20H19BrN2O4S. The number of carbonyl (C=O) groups excluding carboxylic acids is 1. The second-order valence-electron chi connectivity index (χ2n) is 6.39. The highest BCUT2D eigenvalue weighted by molar-refractivity contribution is 9.10. The smallest absolute Gasteiger partial charge is 0.262 e. The van der Waals surface area contributed by atoms with Crippen LogP contribution in [0.1, 0.15) is 18.4 Å². The lowest BCUT2D eigenvalue weighted by atomic mass is 9.89. The molecular weight excluding hydrogens is 444 g/mol. The molecule has 8 heteroatoms. The average molecular weight is 463 g/mol. The highest BCUT2D eigenvalue weighted by atomic mass is 79.9. The fraction of sp³-hybridized carbons (Fsp3) is 0.150. The van der Waals surface area contributed by atoms with Gasteiger partial charge in [0.1, 0.15) is 6.04 Å². The van der Waals surface area contributed by atoms with Gasteiger partial charge in [-0.05, 0) is 40.6 Å². The van der Waals surface area contributed by atoms with Crippen LogP contribution in [0.2, 0.25) is 0 Å². The van der Waals surface area contributed by atoms with Crippen molar-refractivity contribution in [2.45, 2.75) is 23.8 Å². The largest absolute Gasteiger partial charge is 0.289 e. The topological polar surface area (TPSA) is 95.5 Å². The fourth-order valence-corrected chi connectivity index (χ4v) is 4.67. The van der Waals surface area contributed by atoms with Crippen molar-refractivity contribution in [3.63, 3.8) is 0 Å². The van der Waals surface area contributed by atoms with Crippen LogP contribution in [-0.2, 0) is 14.8 Å². The fourth-order valence-electron chi connectivity index (χ4n) is 3.13. The van der Waals surface area contributed by atoms with Gasteiger partial charge in [0.15, 0.2) is 0 Å². The van der Waals surface area contributed by atoms with Crippen LogP contribution in [0.15, 0.2) is 76.1 Å². The molecule has 0 radical (unpaired) electrons. The summed E-state index contributed by atoms with van der Waals surface area (Å²) in [4.78, 5) is 12.4. The maximum Gasteiger partial charge on any atom is 0.262 e. The minimum Gasteiger partial charge on any atom is -0.289 e. The Morgan fingerprint density at radius 3 is 2.32 bits per heavy atom. The summed E-state index contributed by atoms with van der Waals surface area (Å²) >= 11 is 3.26. The Morgan fingerprint density at radius 2 is 1.64 bits per heavy atom. The van der Waals surface area contributed by atoms with Gasteiger partial charge in [0.05, 0.1) is 4.90 Å². The number of hydrogen-bond acceptors (Lipinski definition) is 4. The lowest BCUT2D eigenvalue weighted by Gasteiger charge is -2.24. The number of halogens is 1. The van der Waals surface area contributed by atoms with Crippen LogP contribution < -0.4 is 10.2 Å². The number of sulfonamides is 1. The molecule has 0 spiro atoms. The van der Waals surface area contributed by atoms with Crippen molar-refractivity contribution in [1.82, 2.24) is 10.2 Å². The minimum atomic E-state index is -3.98. The zero-order chi connectivity index (χ0) is 20.3. The van der Waals surface area contributed by atoms with E-state index >= 15 is 0 Å². The van der Waals surface area contributed by atoms with Crippen LogP contribution in [0.3, 0.4) is 0 Å². The van der Waals surface area contributed by atoms with Gasteiger partial charge in [-0.2, -0.15) is 4.72 Å². The number of rotatable bonds is 6. The van der Waals surface area contributed by atoms with Crippen molar-refractivity contribution in [3.05, 3.63) is 76.8 Å². The van der Waals surface area contributed by atoms with E-state index in [2.05, 4.69) is 20.7 Å². The van der Waals surface area contributed by atoms with Gasteiger partial charge in [-0.1, -0.05) is 65.3 Å². The maximum absolute atomic E-state index is 12.8. The van der Waals surface area contributed by atoms with Crippen molar-refractivity contribution in [2.75, 3.05) is 0 Å². The van der Waals surface area contributed by atoms with E-state index in [9.17, 15) is 18.4 Å². The normalized spacial score (nSPS) is 13.8. The van der Waals surface area contributed by atoms with Crippen molar-refractivity contribution >= 4 is 42.6 Å². The molecule has 2 atom stereocenters. The van der Waals surface area contributed by atoms with E-state index in [0.717, 1.165) is 20.8 Å². The third kappa shape index (κ3) is 4.25. The van der Waals surface area contributed by atoms with Crippen LogP contribution in [0, 0.1) is 0 Å². The maximum atomic E-state index is 12.8. The van der Waals surface area contributed by atoms with Crippen molar-refractivity contribution in [2.24, 2.45) is 0 Å². The summed E-state index contributed by atoms with van der Waals surface area (Å²) in [6, 6.07) is 18.2. The number of hydrogen-bond donors (Lipinski definition) is 3. The monoisotopic (exact) mass is 462 g/mol. The standard InChI is InChI=1S/C20H19BrN2O4S/c1-13(17-8-4-6-14-5-2-3-7-18(14)17)19(20(24)22-25)23-28(26,27)16-11-9-15(21)10-12-16/h2-13,19,23,25H,1H3,(H,22,24)/t13-,19+/m1/s1. The van der Waals surface area contributed by atoms with E-state index in [1.165, 1.54) is 12.1 Å². The molecule has 0 heterocycles. The first-order valence-electron chi connectivity index (χ1n) is 8.53. The first-order valence-corrected chi connectivity index (χ1v) is 10.8. The van der Waals surface area contributed by atoms with Gasteiger partial charge < -0.3 is 0 Å². The summed E-state index contributed by atoms with van der Waals surface area (Å²) in [5, 5.41) is 11.1. The molecule has 0 saturated carbocycles. The molecule has 0 saturated heterocycles. The highest BCUT2D eigenvalue weighted by Crippen LogP contribution is 2.29. The molecule has 28 heavy (non-hydrogen) atoms. The predicted molar refractivity (Wildman–Crippen MR) is 111 cm³/mol. The number of benzene rings is 3. The molecule has 0 bridgehead atoms. The first kappa shape index (κ1) is 20.5. The van der Waals surface area contributed by atoms with E-state index in [4.69, 9.17) is 0 Å². The molecule has 3 rings (SSSR count). The summed E-state index contributed by atoms with van der Waals surface area (Å²) in [7, 11) is -3.98. The zero-order valence-electron chi connectivity index (χ0n) is 15.0. The number of hydroxylamine groups is 1. The molecule has 3 N–H and O–H groups in total. The Kier molecular flexibility index (Phi) is 6.14. The molecule has 1 amide bonds. The van der Waals surface area contributed by atoms with Crippen LogP contribution in [0.4, 0.5) is 0 Å². The number of fused-ring (bicyclic) bond motifs is 1. The van der Waals surface area contributed by atoms with Crippen molar-refractivity contribution < 1.29 is 18.4 Å². The van der Waals surface area contributed by atoms with Crippen molar-refractivity contribution in [3.8, 4) is 0 Å². The SMILES string of the molecule is C[C@H](c1cccc2ccccc12)[C@H](NS(=O)(=O)c1ccc(Br)cc1)C(=O)NO. The molecule has 6 nitrogen and oxygen atoms in total. The lowest BCUT2D eigenvalue weighted by Crippen LogP contribution is -2.48. The van der Waals surface area contributed by atoms with E-state index in [-0.39, 0.29) is 4.90 Å². The van der Waals surface area contributed by atoms with Crippen LogP contribution in [0.5, 0.6) is 0 Å². The third-order valence-electron chi connectivity index (χ3n) is 4.61. The number of carbonyl (C=O) groups is 1. The molecule has 3 aromatic carbocycles. The van der Waals surface area contributed by atoms with Gasteiger partial charge in [-0.15, -0.1) is 0 Å². The van der Waals surface area contributed by atoms with Crippen molar-refractivity contribution in [1.29, 1.82) is 0 Å². The summed E-state index contributed by atoms with van der Waals surface area (Å²) in [6.45, 7) is 1.74. The van der Waals surface area contributed by atoms with E-state index in [1.807, 2.05) is 42.5 Å². The van der Waals surface area contributed by atoms with Gasteiger partial charge in [-0.25, -0.2) is 13.9 Å². The van der Waals surface area contributed by atoms with Gasteiger partial charge in [-0.3, -0.25) is 10.0 Å². The van der Waals surface area contributed by atoms with Gasteiger partial charge in [0, 0.05) is 10.4 Å². The Morgan fingerprint density at radius 1 is 1.00 bits per heavy atom. The molecule has 0 aliphatic carbocycles. The van der Waals surface area contributed by atoms with Crippen LogP contribution >= 0.6 is 15.9 Å².